The molecule has 1 aromatic heterocycles. The van der Waals surface area contributed by atoms with Gasteiger partial charge in [-0.2, -0.15) is 0 Å². The van der Waals surface area contributed by atoms with Crippen molar-refractivity contribution >= 4 is 33.6 Å². The number of benzene rings is 1. The Labute approximate surface area is 155 Å². The van der Waals surface area contributed by atoms with E-state index in [1.54, 1.807) is 0 Å². The van der Waals surface area contributed by atoms with Crippen LogP contribution >= 0.6 is 27.7 Å². The first-order valence-electron chi connectivity index (χ1n) is 8.02. The van der Waals surface area contributed by atoms with Gasteiger partial charge in [0.1, 0.15) is 0 Å². The van der Waals surface area contributed by atoms with Gasteiger partial charge >= 0.3 is 0 Å². The van der Waals surface area contributed by atoms with E-state index >= 15 is 0 Å². The summed E-state index contributed by atoms with van der Waals surface area (Å²) in [6.07, 6.45) is 5.97. The van der Waals surface area contributed by atoms with E-state index in [2.05, 4.69) is 44.2 Å². The van der Waals surface area contributed by atoms with Crippen LogP contribution in [0, 0.1) is 0 Å². The summed E-state index contributed by atoms with van der Waals surface area (Å²) in [6.45, 7) is 6.30. The summed E-state index contributed by atoms with van der Waals surface area (Å²) in [7, 11) is 0. The molecule has 1 aliphatic rings. The van der Waals surface area contributed by atoms with Crippen LogP contribution in [0.3, 0.4) is 0 Å². The molecule has 0 spiro atoms. The smallest absolute Gasteiger partial charge is 0.233 e. The normalized spacial score (nSPS) is 14.1. The topological polar surface area (TPSA) is 38.1 Å². The van der Waals surface area contributed by atoms with Gasteiger partial charge in [-0.3, -0.25) is 4.79 Å². The number of aromatic nitrogens is 2. The molecule has 0 unspecified atom stereocenters. The first-order valence-corrected chi connectivity index (χ1v) is 9.80. The molecule has 1 saturated heterocycles. The van der Waals surface area contributed by atoms with Gasteiger partial charge in [0.05, 0.1) is 17.6 Å². The number of carbonyl (C=O) groups excluding carboxylic acids is 1. The fraction of sp³-hybridized carbons (Fsp3) is 0.333. The van der Waals surface area contributed by atoms with Crippen molar-refractivity contribution < 1.29 is 4.79 Å². The number of rotatable bonds is 6. The van der Waals surface area contributed by atoms with Crippen LogP contribution in [0.5, 0.6) is 0 Å². The zero-order chi connectivity index (χ0) is 16.9. The van der Waals surface area contributed by atoms with E-state index in [-0.39, 0.29) is 5.91 Å². The molecule has 0 N–H and O–H groups in total. The molecule has 2 heterocycles. The van der Waals surface area contributed by atoms with Crippen LogP contribution in [-0.4, -0.2) is 39.2 Å². The summed E-state index contributed by atoms with van der Waals surface area (Å²) in [5.41, 5.74) is 2.14. The highest BCUT2D eigenvalue weighted by atomic mass is 79.9. The van der Waals surface area contributed by atoms with E-state index in [9.17, 15) is 4.79 Å². The standard InChI is InChI=1S/C18H20BrN3OS/c1-2-9-22-16(14-5-7-15(19)8-6-14)12-20-18(22)24-13-17(23)21-10-3-4-11-21/h2,5-8,12H,1,3-4,9-11,13H2. The number of nitrogens with zero attached hydrogens (tertiary/aromatic N) is 3. The second-order valence-corrected chi connectivity index (χ2v) is 7.57. The Morgan fingerprint density at radius 3 is 2.67 bits per heavy atom. The van der Waals surface area contributed by atoms with E-state index < -0.39 is 0 Å². The van der Waals surface area contributed by atoms with Gasteiger partial charge in [0.15, 0.2) is 5.16 Å². The lowest BCUT2D eigenvalue weighted by Crippen LogP contribution is -2.29. The average Bonchev–Trinajstić information content (AvgIpc) is 3.24. The molecule has 1 amide bonds. The van der Waals surface area contributed by atoms with Gasteiger partial charge in [0.25, 0.3) is 0 Å². The van der Waals surface area contributed by atoms with E-state index in [4.69, 9.17) is 0 Å². The van der Waals surface area contributed by atoms with Crippen LogP contribution in [0.4, 0.5) is 0 Å². The minimum Gasteiger partial charge on any atom is -0.342 e. The van der Waals surface area contributed by atoms with E-state index in [1.165, 1.54) is 11.8 Å². The van der Waals surface area contributed by atoms with Crippen molar-refractivity contribution in [2.75, 3.05) is 18.8 Å². The van der Waals surface area contributed by atoms with Gasteiger partial charge in [-0.1, -0.05) is 45.9 Å². The Hall–Kier alpha value is -1.53. The summed E-state index contributed by atoms with van der Waals surface area (Å²) in [4.78, 5) is 18.7. The highest BCUT2D eigenvalue weighted by molar-refractivity contribution is 9.10. The minimum atomic E-state index is 0.204. The van der Waals surface area contributed by atoms with Crippen LogP contribution < -0.4 is 0 Å². The molecule has 0 saturated carbocycles. The fourth-order valence-corrected chi connectivity index (χ4v) is 3.97. The highest BCUT2D eigenvalue weighted by Gasteiger charge is 2.19. The zero-order valence-corrected chi connectivity index (χ0v) is 15.9. The molecule has 126 valence electrons. The van der Waals surface area contributed by atoms with Crippen LogP contribution in [0.25, 0.3) is 11.3 Å². The third kappa shape index (κ3) is 3.92. The number of thioether (sulfide) groups is 1. The molecular formula is C18H20BrN3OS. The molecule has 1 aliphatic heterocycles. The molecule has 1 aromatic carbocycles. The summed E-state index contributed by atoms with van der Waals surface area (Å²) in [5.74, 6) is 0.643. The molecule has 0 radical (unpaired) electrons. The Morgan fingerprint density at radius 1 is 1.29 bits per heavy atom. The third-order valence-electron chi connectivity index (χ3n) is 4.05. The van der Waals surface area contributed by atoms with Crippen LogP contribution in [0.1, 0.15) is 12.8 Å². The lowest BCUT2D eigenvalue weighted by Gasteiger charge is -2.15. The van der Waals surface area contributed by atoms with Crippen LogP contribution in [0.2, 0.25) is 0 Å². The predicted molar refractivity (Wildman–Crippen MR) is 102 cm³/mol. The summed E-state index contributed by atoms with van der Waals surface area (Å²) in [6, 6.07) is 8.16. The van der Waals surface area contributed by atoms with Gasteiger partial charge in [0.2, 0.25) is 5.91 Å². The van der Waals surface area contributed by atoms with Crippen molar-refractivity contribution in [2.45, 2.75) is 24.5 Å². The van der Waals surface area contributed by atoms with Gasteiger partial charge < -0.3 is 9.47 Å². The lowest BCUT2D eigenvalue weighted by molar-refractivity contribution is -0.127. The number of likely N-dealkylation sites (tertiary alicyclic amines) is 1. The Morgan fingerprint density at radius 2 is 2.00 bits per heavy atom. The quantitative estimate of drug-likeness (QED) is 0.533. The average molecular weight is 406 g/mol. The van der Waals surface area contributed by atoms with Gasteiger partial charge in [-0.25, -0.2) is 4.98 Å². The molecular weight excluding hydrogens is 386 g/mol. The maximum atomic E-state index is 12.2. The van der Waals surface area contributed by atoms with Gasteiger partial charge in [-0.15, -0.1) is 6.58 Å². The van der Waals surface area contributed by atoms with Crippen LogP contribution in [-0.2, 0) is 11.3 Å². The molecule has 1 fully saturated rings. The van der Waals surface area contributed by atoms with Crippen molar-refractivity contribution in [3.05, 3.63) is 47.6 Å². The highest BCUT2D eigenvalue weighted by Crippen LogP contribution is 2.27. The maximum absolute atomic E-state index is 12.2. The Kier molecular flexibility index (Phi) is 5.79. The number of halogens is 1. The SMILES string of the molecule is C=CCn1c(-c2ccc(Br)cc2)cnc1SCC(=O)N1CCCC1. The number of hydrogen-bond donors (Lipinski definition) is 0. The van der Waals surface area contributed by atoms with Crippen molar-refractivity contribution in [1.82, 2.24) is 14.5 Å². The molecule has 3 rings (SSSR count). The second kappa shape index (κ2) is 8.03. The number of hydrogen-bond acceptors (Lipinski definition) is 3. The van der Waals surface area contributed by atoms with Gasteiger partial charge in [-0.05, 0) is 30.5 Å². The van der Waals surface area contributed by atoms with E-state index in [1.807, 2.05) is 29.3 Å². The van der Waals surface area contributed by atoms with Crippen molar-refractivity contribution in [3.63, 3.8) is 0 Å². The zero-order valence-electron chi connectivity index (χ0n) is 13.4. The molecule has 0 atom stereocenters. The molecule has 6 heteroatoms. The number of allylic oxidation sites excluding steroid dienone is 1. The maximum Gasteiger partial charge on any atom is 0.233 e. The molecule has 4 nitrogen and oxygen atoms in total. The number of amides is 1. The molecule has 2 aromatic rings. The number of carbonyl (C=O) groups is 1. The van der Waals surface area contributed by atoms with Crippen LogP contribution in [0.15, 0.2) is 52.7 Å². The third-order valence-corrected chi connectivity index (χ3v) is 5.56. The van der Waals surface area contributed by atoms with Gasteiger partial charge in [0, 0.05) is 24.1 Å². The number of imidazole rings is 1. The Bertz CT molecular complexity index is 720. The van der Waals surface area contributed by atoms with E-state index in [0.29, 0.717) is 12.3 Å². The molecule has 0 bridgehead atoms. The molecule has 0 aliphatic carbocycles. The second-order valence-electron chi connectivity index (χ2n) is 5.71. The Balaban J connectivity index is 1.76. The van der Waals surface area contributed by atoms with Crippen molar-refractivity contribution in [2.24, 2.45) is 0 Å². The molecule has 24 heavy (non-hydrogen) atoms. The fourth-order valence-electron chi connectivity index (χ4n) is 2.81. The predicted octanol–water partition coefficient (Wildman–Crippen LogP) is 4.21. The largest absolute Gasteiger partial charge is 0.342 e. The van der Waals surface area contributed by atoms with Crippen molar-refractivity contribution in [3.8, 4) is 11.3 Å². The minimum absolute atomic E-state index is 0.204. The first kappa shape index (κ1) is 17.3. The van der Waals surface area contributed by atoms with E-state index in [0.717, 1.165) is 46.8 Å². The summed E-state index contributed by atoms with van der Waals surface area (Å²) < 4.78 is 3.16. The summed E-state index contributed by atoms with van der Waals surface area (Å²) in [5, 5.41) is 0.861. The monoisotopic (exact) mass is 405 g/mol. The summed E-state index contributed by atoms with van der Waals surface area (Å²) >= 11 is 4.96. The first-order chi connectivity index (χ1) is 11.7. The lowest BCUT2D eigenvalue weighted by atomic mass is 10.2. The van der Waals surface area contributed by atoms with Crippen molar-refractivity contribution in [1.29, 1.82) is 0 Å².